The van der Waals surface area contributed by atoms with Crippen LogP contribution in [0.3, 0.4) is 0 Å². The van der Waals surface area contributed by atoms with Gasteiger partial charge in [0.25, 0.3) is 0 Å². The highest BCUT2D eigenvalue weighted by Crippen LogP contribution is 2.26. The fourth-order valence-electron chi connectivity index (χ4n) is 0.506. The molecular formula is C4H2Br2N6. The molecule has 6 nitrogen and oxygen atoms in total. The maximum absolute atomic E-state index is 8.12. The summed E-state index contributed by atoms with van der Waals surface area (Å²) in [5.74, 6) is 0.304. The number of nitrogen functional groups attached to an aromatic ring is 1. The summed E-state index contributed by atoms with van der Waals surface area (Å²) in [6.45, 7) is 0. The van der Waals surface area contributed by atoms with Crippen molar-refractivity contribution in [2.45, 2.75) is 0 Å². The molecule has 1 aromatic heterocycles. The fraction of sp³-hybridized carbons (Fsp3) is 0. The molecule has 1 heterocycles. The van der Waals surface area contributed by atoms with Gasteiger partial charge in [0.05, 0.1) is 0 Å². The molecule has 2 N–H and O–H groups in total. The molecule has 8 heteroatoms. The lowest BCUT2D eigenvalue weighted by Crippen LogP contribution is -1.94. The zero-order valence-electron chi connectivity index (χ0n) is 5.57. The molecule has 0 bridgehead atoms. The Morgan fingerprint density at radius 3 is 2.58 bits per heavy atom. The van der Waals surface area contributed by atoms with Gasteiger partial charge >= 0.3 is 0 Å². The molecule has 0 aliphatic heterocycles. The van der Waals surface area contributed by atoms with Gasteiger partial charge in [-0.1, -0.05) is 0 Å². The van der Waals surface area contributed by atoms with E-state index in [0.717, 1.165) is 0 Å². The minimum atomic E-state index is 0.123. The third kappa shape index (κ3) is 1.84. The fourth-order valence-corrected chi connectivity index (χ4v) is 1.35. The Morgan fingerprint density at radius 2 is 2.00 bits per heavy atom. The molecule has 0 aromatic carbocycles. The maximum atomic E-state index is 8.12. The molecule has 62 valence electrons. The van der Waals surface area contributed by atoms with Crippen LogP contribution in [0.2, 0.25) is 0 Å². The van der Waals surface area contributed by atoms with E-state index in [-0.39, 0.29) is 11.6 Å². The highest BCUT2D eigenvalue weighted by molar-refractivity contribution is 9.11. The van der Waals surface area contributed by atoms with Crippen LogP contribution in [0.1, 0.15) is 0 Å². The van der Waals surface area contributed by atoms with E-state index >= 15 is 0 Å². The first kappa shape index (κ1) is 9.24. The number of nitrogens with zero attached hydrogens (tertiary/aromatic N) is 5. The average molecular weight is 294 g/mol. The number of aromatic nitrogens is 2. The van der Waals surface area contributed by atoms with Crippen molar-refractivity contribution in [1.29, 1.82) is 0 Å². The molecule has 0 saturated carbocycles. The first-order chi connectivity index (χ1) is 5.65. The molecule has 0 fully saturated rings. The van der Waals surface area contributed by atoms with Crippen LogP contribution in [0.4, 0.5) is 11.6 Å². The topological polar surface area (TPSA) is 101 Å². The second kappa shape index (κ2) is 3.70. The Balaban J connectivity index is 3.32. The van der Waals surface area contributed by atoms with E-state index in [1.807, 2.05) is 0 Å². The predicted molar refractivity (Wildman–Crippen MR) is 50.7 cm³/mol. The summed E-state index contributed by atoms with van der Waals surface area (Å²) in [6.07, 6.45) is 0. The van der Waals surface area contributed by atoms with Gasteiger partial charge in [-0.2, -0.15) is 0 Å². The molecule has 0 unspecified atom stereocenters. The number of hydrogen-bond donors (Lipinski definition) is 1. The zero-order chi connectivity index (χ0) is 9.14. The smallest absolute Gasteiger partial charge is 0.162 e. The van der Waals surface area contributed by atoms with Crippen LogP contribution in [0.5, 0.6) is 0 Å². The van der Waals surface area contributed by atoms with E-state index in [0.29, 0.717) is 9.21 Å². The summed E-state index contributed by atoms with van der Waals surface area (Å²) >= 11 is 6.13. The molecule has 0 saturated heterocycles. The largest absolute Gasteiger partial charge is 0.381 e. The Labute approximate surface area is 84.1 Å². The molecule has 0 aliphatic rings. The molecule has 0 atom stereocenters. The predicted octanol–water partition coefficient (Wildman–Crippen LogP) is 2.53. The Kier molecular flexibility index (Phi) is 2.85. The average Bonchev–Trinajstić information content (AvgIpc) is 2.01. The molecule has 1 rings (SSSR count). The zero-order valence-corrected chi connectivity index (χ0v) is 8.74. The standard InChI is InChI=1S/C4H2Br2N6/c5-1-3(7)10-4(11-12-8)2(6)9-1/h(H2,7,10). The normalized spacial score (nSPS) is 9.17. The van der Waals surface area contributed by atoms with Gasteiger partial charge in [0.15, 0.2) is 11.6 Å². The van der Waals surface area contributed by atoms with E-state index in [2.05, 4.69) is 51.9 Å². The van der Waals surface area contributed by atoms with Crippen molar-refractivity contribution in [3.8, 4) is 0 Å². The second-order valence-corrected chi connectivity index (χ2v) is 3.21. The Hall–Kier alpha value is -0.850. The number of halogens is 2. The van der Waals surface area contributed by atoms with E-state index in [1.54, 1.807) is 0 Å². The molecule has 0 radical (unpaired) electrons. The Morgan fingerprint density at radius 1 is 1.33 bits per heavy atom. The van der Waals surface area contributed by atoms with Crippen molar-refractivity contribution in [3.63, 3.8) is 0 Å². The minimum Gasteiger partial charge on any atom is -0.381 e. The maximum Gasteiger partial charge on any atom is 0.162 e. The van der Waals surface area contributed by atoms with Crippen LogP contribution >= 0.6 is 31.9 Å². The van der Waals surface area contributed by atoms with Crippen LogP contribution in [0, 0.1) is 0 Å². The lowest BCUT2D eigenvalue weighted by Gasteiger charge is -1.98. The number of azide groups is 1. The third-order valence-corrected chi connectivity index (χ3v) is 2.07. The summed E-state index contributed by atoms with van der Waals surface area (Å²) < 4.78 is 0.757. The highest BCUT2D eigenvalue weighted by atomic mass is 79.9. The van der Waals surface area contributed by atoms with E-state index in [1.165, 1.54) is 0 Å². The first-order valence-electron chi connectivity index (χ1n) is 2.68. The van der Waals surface area contributed by atoms with Crippen molar-refractivity contribution < 1.29 is 0 Å². The lowest BCUT2D eigenvalue weighted by molar-refractivity contribution is 1.12. The summed E-state index contributed by atoms with van der Waals surface area (Å²) in [5, 5.41) is 3.27. The molecular weight excluding hydrogens is 292 g/mol. The quantitative estimate of drug-likeness (QED) is 0.489. The Bertz CT molecular complexity index is 357. The van der Waals surface area contributed by atoms with Gasteiger partial charge in [-0.25, -0.2) is 9.97 Å². The van der Waals surface area contributed by atoms with Crippen LogP contribution in [0.25, 0.3) is 10.4 Å². The van der Waals surface area contributed by atoms with Crippen LogP contribution < -0.4 is 5.73 Å². The summed E-state index contributed by atoms with van der Waals surface area (Å²) in [6, 6.07) is 0. The van der Waals surface area contributed by atoms with Crippen molar-refractivity contribution in [2.75, 3.05) is 5.73 Å². The SMILES string of the molecule is [N-]=[N+]=Nc1nc(N)c(Br)nc1Br. The molecule has 0 aliphatic carbocycles. The van der Waals surface area contributed by atoms with Crippen molar-refractivity contribution in [1.82, 2.24) is 9.97 Å². The van der Waals surface area contributed by atoms with E-state index in [4.69, 9.17) is 11.3 Å². The highest BCUT2D eigenvalue weighted by Gasteiger charge is 2.05. The van der Waals surface area contributed by atoms with Gasteiger partial charge in [0.2, 0.25) is 0 Å². The molecule has 0 amide bonds. The van der Waals surface area contributed by atoms with Crippen LogP contribution in [-0.4, -0.2) is 9.97 Å². The second-order valence-electron chi connectivity index (χ2n) is 1.70. The van der Waals surface area contributed by atoms with Gasteiger partial charge in [-0.05, 0) is 42.5 Å². The summed E-state index contributed by atoms with van der Waals surface area (Å²) in [5.41, 5.74) is 13.5. The molecule has 12 heavy (non-hydrogen) atoms. The number of rotatable bonds is 1. The lowest BCUT2D eigenvalue weighted by atomic mass is 10.6. The van der Waals surface area contributed by atoms with Crippen molar-refractivity contribution in [2.24, 2.45) is 5.11 Å². The summed E-state index contributed by atoms with van der Waals surface area (Å²) in [4.78, 5) is 10.2. The van der Waals surface area contributed by atoms with Gasteiger partial charge in [-0.3, -0.25) is 0 Å². The van der Waals surface area contributed by atoms with Crippen LogP contribution in [-0.2, 0) is 0 Å². The molecule has 0 spiro atoms. The van der Waals surface area contributed by atoms with Crippen LogP contribution in [0.15, 0.2) is 14.3 Å². The molecule has 1 aromatic rings. The number of nitrogens with two attached hydrogens (primary N) is 1. The van der Waals surface area contributed by atoms with E-state index in [9.17, 15) is 0 Å². The van der Waals surface area contributed by atoms with Gasteiger partial charge in [0.1, 0.15) is 9.21 Å². The number of hydrogen-bond acceptors (Lipinski definition) is 4. The van der Waals surface area contributed by atoms with Crippen molar-refractivity contribution >= 4 is 43.5 Å². The van der Waals surface area contributed by atoms with Crippen molar-refractivity contribution in [3.05, 3.63) is 19.6 Å². The monoisotopic (exact) mass is 292 g/mol. The number of anilines is 1. The van der Waals surface area contributed by atoms with Gasteiger partial charge in [0, 0.05) is 4.91 Å². The third-order valence-electron chi connectivity index (χ3n) is 0.958. The minimum absolute atomic E-state index is 0.123. The first-order valence-corrected chi connectivity index (χ1v) is 4.27. The van der Waals surface area contributed by atoms with Gasteiger partial charge < -0.3 is 5.73 Å². The van der Waals surface area contributed by atoms with E-state index < -0.39 is 0 Å². The summed E-state index contributed by atoms with van der Waals surface area (Å²) in [7, 11) is 0. The van der Waals surface area contributed by atoms with Gasteiger partial charge in [-0.15, -0.1) is 0 Å².